The van der Waals surface area contributed by atoms with Crippen molar-refractivity contribution in [2.24, 2.45) is 0 Å². The lowest BCUT2D eigenvalue weighted by atomic mass is 9.64. The van der Waals surface area contributed by atoms with Crippen molar-refractivity contribution in [2.45, 2.75) is 5.41 Å². The number of hydrogen-bond acceptors (Lipinski definition) is 4. The van der Waals surface area contributed by atoms with Gasteiger partial charge in [-0.2, -0.15) is 0 Å². The second-order valence-electron chi connectivity index (χ2n) is 16.8. The first-order chi connectivity index (χ1) is 31.7. The van der Waals surface area contributed by atoms with Gasteiger partial charge < -0.3 is 4.90 Å². The Labute approximate surface area is 371 Å². The highest BCUT2D eigenvalue weighted by Gasteiger charge is 2.52. The highest BCUT2D eigenvalue weighted by molar-refractivity contribution is 6.03. The largest absolute Gasteiger partial charge is 0.310 e. The molecule has 1 aromatic heterocycles. The summed E-state index contributed by atoms with van der Waals surface area (Å²) in [6, 6.07) is 83.1. The van der Waals surface area contributed by atoms with Crippen LogP contribution in [0.5, 0.6) is 0 Å². The summed E-state index contributed by atoms with van der Waals surface area (Å²) in [5, 5.41) is 4.84. The van der Waals surface area contributed by atoms with Crippen molar-refractivity contribution in [3.8, 4) is 56.4 Å². The monoisotopic (exact) mass is 814 g/mol. The molecule has 298 valence electrons. The molecule has 0 fully saturated rings. The van der Waals surface area contributed by atoms with Crippen molar-refractivity contribution < 1.29 is 0 Å². The van der Waals surface area contributed by atoms with Gasteiger partial charge in [-0.05, 0) is 109 Å². The highest BCUT2D eigenvalue weighted by Crippen LogP contribution is 2.64. The molecule has 2 aliphatic rings. The van der Waals surface area contributed by atoms with Crippen molar-refractivity contribution in [2.75, 3.05) is 4.90 Å². The first-order valence-electron chi connectivity index (χ1n) is 21.8. The summed E-state index contributed by atoms with van der Waals surface area (Å²) in [5.41, 5.74) is 15.4. The molecule has 1 spiro atoms. The van der Waals surface area contributed by atoms with Gasteiger partial charge in [0, 0.05) is 22.4 Å². The Kier molecular flexibility index (Phi) is 8.09. The third-order valence-electron chi connectivity index (χ3n) is 13.3. The van der Waals surface area contributed by atoms with Crippen LogP contribution in [0.2, 0.25) is 0 Å². The van der Waals surface area contributed by atoms with Crippen LogP contribution in [0.1, 0.15) is 22.3 Å². The van der Waals surface area contributed by atoms with Gasteiger partial charge >= 0.3 is 0 Å². The molecule has 11 aromatic rings. The molecular weight excluding hydrogens is 777 g/mol. The predicted molar refractivity (Wildman–Crippen MR) is 262 cm³/mol. The van der Waals surface area contributed by atoms with Gasteiger partial charge in [-0.1, -0.05) is 188 Å². The summed E-state index contributed by atoms with van der Waals surface area (Å²) in [7, 11) is 0. The number of para-hydroxylation sites is 1. The Balaban J connectivity index is 1.06. The van der Waals surface area contributed by atoms with Crippen LogP contribution < -0.4 is 4.90 Å². The summed E-state index contributed by atoms with van der Waals surface area (Å²) in [5.74, 6) is 1.91. The summed E-state index contributed by atoms with van der Waals surface area (Å²) in [4.78, 5) is 18.0. The Morgan fingerprint density at radius 3 is 1.28 bits per heavy atom. The maximum atomic E-state index is 5.24. The van der Waals surface area contributed by atoms with Crippen molar-refractivity contribution in [3.05, 3.63) is 253 Å². The van der Waals surface area contributed by atoms with Crippen LogP contribution in [0.25, 0.3) is 78.0 Å². The molecule has 0 saturated carbocycles. The van der Waals surface area contributed by atoms with E-state index >= 15 is 0 Å². The topological polar surface area (TPSA) is 41.9 Å². The van der Waals surface area contributed by atoms with Crippen LogP contribution in [0.4, 0.5) is 17.1 Å². The fraction of sp³-hybridized carbons (Fsp3) is 0.0167. The number of nitrogens with zero attached hydrogens (tertiary/aromatic N) is 4. The van der Waals surface area contributed by atoms with Gasteiger partial charge in [0.25, 0.3) is 0 Å². The molecule has 0 unspecified atom stereocenters. The van der Waals surface area contributed by atoms with Gasteiger partial charge in [0.2, 0.25) is 0 Å². The van der Waals surface area contributed by atoms with Gasteiger partial charge in [0.15, 0.2) is 17.5 Å². The lowest BCUT2D eigenvalue weighted by Crippen LogP contribution is -2.36. The normalized spacial score (nSPS) is 13.1. The first kappa shape index (κ1) is 36.2. The second kappa shape index (κ2) is 14.3. The zero-order valence-corrected chi connectivity index (χ0v) is 34.7. The van der Waals surface area contributed by atoms with E-state index in [1.807, 2.05) is 24.3 Å². The van der Waals surface area contributed by atoms with Crippen LogP contribution >= 0.6 is 0 Å². The molecule has 0 N–H and O–H groups in total. The third kappa shape index (κ3) is 5.52. The lowest BCUT2D eigenvalue weighted by Gasteiger charge is -2.45. The van der Waals surface area contributed by atoms with Crippen LogP contribution in [0.3, 0.4) is 0 Å². The molecule has 4 nitrogen and oxygen atoms in total. The number of benzene rings is 10. The Bertz CT molecular complexity index is 3520. The zero-order chi connectivity index (χ0) is 42.2. The van der Waals surface area contributed by atoms with E-state index in [-0.39, 0.29) is 0 Å². The standard InChI is InChI=1S/C60H38N4/c1-4-16-39(17-5-1)40-28-30-42(31-29-40)58-61-57(41-18-6-2-7-19-41)62-59(63-58)47-32-33-52-50(34-47)49-26-14-15-27-51(49)60(52)53-35-43-20-10-12-22-45(43)37-55(53)64(48-24-8-3-9-25-48)56-38-46-23-13-11-21-44(46)36-54(56)60/h1-38H. The number of anilines is 3. The van der Waals surface area contributed by atoms with Crippen LogP contribution in [0, 0.1) is 0 Å². The summed E-state index contributed by atoms with van der Waals surface area (Å²) < 4.78 is 0. The van der Waals surface area contributed by atoms with Crippen molar-refractivity contribution in [1.82, 2.24) is 15.0 Å². The Morgan fingerprint density at radius 2 is 0.688 bits per heavy atom. The molecule has 0 atom stereocenters. The number of rotatable bonds is 5. The molecule has 13 rings (SSSR count). The fourth-order valence-electron chi connectivity index (χ4n) is 10.4. The van der Waals surface area contributed by atoms with Gasteiger partial charge in [0.1, 0.15) is 0 Å². The third-order valence-corrected chi connectivity index (χ3v) is 13.3. The maximum Gasteiger partial charge on any atom is 0.164 e. The molecule has 1 aliphatic heterocycles. The first-order valence-corrected chi connectivity index (χ1v) is 21.8. The molecule has 0 saturated heterocycles. The van der Waals surface area contributed by atoms with Gasteiger partial charge in [0.05, 0.1) is 16.8 Å². The highest BCUT2D eigenvalue weighted by atomic mass is 15.2. The van der Waals surface area contributed by atoms with E-state index in [2.05, 4.69) is 211 Å². The zero-order valence-electron chi connectivity index (χ0n) is 34.7. The fourth-order valence-corrected chi connectivity index (χ4v) is 10.4. The van der Waals surface area contributed by atoms with Gasteiger partial charge in [-0.25, -0.2) is 15.0 Å². The van der Waals surface area contributed by atoms with E-state index < -0.39 is 5.41 Å². The summed E-state index contributed by atoms with van der Waals surface area (Å²) in [6.07, 6.45) is 0. The number of aromatic nitrogens is 3. The van der Waals surface area contributed by atoms with E-state index in [9.17, 15) is 0 Å². The summed E-state index contributed by atoms with van der Waals surface area (Å²) >= 11 is 0. The smallest absolute Gasteiger partial charge is 0.164 e. The minimum Gasteiger partial charge on any atom is -0.310 e. The molecule has 2 heterocycles. The average molecular weight is 815 g/mol. The van der Waals surface area contributed by atoms with Crippen molar-refractivity contribution in [1.29, 1.82) is 0 Å². The van der Waals surface area contributed by atoms with E-state index in [1.165, 1.54) is 71.9 Å². The number of fused-ring (bicyclic) bond motifs is 11. The lowest BCUT2D eigenvalue weighted by molar-refractivity contribution is 0.756. The maximum absolute atomic E-state index is 5.24. The SMILES string of the molecule is c1ccc(-c2ccc(-c3nc(-c4ccccc4)nc(-c4ccc5c(c4)-c4ccccc4C54c5cc6ccccc6cc5N(c5ccccc5)c5cc6ccccc6cc54)n3)cc2)cc1. The van der Waals surface area contributed by atoms with E-state index in [0.29, 0.717) is 17.5 Å². The quantitative estimate of drug-likeness (QED) is 0.174. The van der Waals surface area contributed by atoms with E-state index in [4.69, 9.17) is 15.0 Å². The van der Waals surface area contributed by atoms with Gasteiger partial charge in [-0.3, -0.25) is 0 Å². The molecule has 0 bridgehead atoms. The van der Waals surface area contributed by atoms with E-state index in [1.54, 1.807) is 0 Å². The van der Waals surface area contributed by atoms with Crippen LogP contribution in [-0.4, -0.2) is 15.0 Å². The molecule has 1 aliphatic carbocycles. The van der Waals surface area contributed by atoms with Crippen molar-refractivity contribution >= 4 is 38.6 Å². The average Bonchev–Trinajstić information content (AvgIpc) is 3.66. The minimum atomic E-state index is -0.631. The predicted octanol–water partition coefficient (Wildman–Crippen LogP) is 15.0. The minimum absolute atomic E-state index is 0.631. The molecular formula is C60H38N4. The molecule has 64 heavy (non-hydrogen) atoms. The van der Waals surface area contributed by atoms with Crippen LogP contribution in [-0.2, 0) is 5.41 Å². The number of hydrogen-bond donors (Lipinski definition) is 0. The van der Waals surface area contributed by atoms with Gasteiger partial charge in [-0.15, -0.1) is 0 Å². The molecule has 0 radical (unpaired) electrons. The van der Waals surface area contributed by atoms with Crippen LogP contribution in [0.15, 0.2) is 231 Å². The molecule has 4 heteroatoms. The summed E-state index contributed by atoms with van der Waals surface area (Å²) in [6.45, 7) is 0. The van der Waals surface area contributed by atoms with E-state index in [0.717, 1.165) is 27.9 Å². The Morgan fingerprint density at radius 1 is 0.281 bits per heavy atom. The Hall–Kier alpha value is -8.47. The molecule has 10 aromatic carbocycles. The second-order valence-corrected chi connectivity index (χ2v) is 16.8. The molecule has 0 amide bonds. The van der Waals surface area contributed by atoms with Crippen molar-refractivity contribution in [3.63, 3.8) is 0 Å².